The molecule has 0 spiro atoms. The Morgan fingerprint density at radius 2 is 1.95 bits per heavy atom. The van der Waals surface area contributed by atoms with Gasteiger partial charge in [-0.05, 0) is 13.5 Å². The molecule has 20 heavy (non-hydrogen) atoms. The number of ether oxygens (including phenoxy) is 1. The average Bonchev–Trinajstić information content (AvgIpc) is 2.46. The van der Waals surface area contributed by atoms with Crippen LogP contribution in [-0.4, -0.2) is 85.8 Å². The molecule has 2 aliphatic heterocycles. The largest absolute Gasteiger partial charge is 0.481 e. The van der Waals surface area contributed by atoms with Crippen molar-refractivity contribution < 1.29 is 19.4 Å². The quantitative estimate of drug-likeness (QED) is 0.678. The lowest BCUT2D eigenvalue weighted by molar-refractivity contribution is -0.145. The van der Waals surface area contributed by atoms with Crippen LogP contribution >= 0.6 is 0 Å². The second-order valence-electron chi connectivity index (χ2n) is 5.55. The molecule has 1 amide bonds. The number of carboxylic acid groups (broad SMARTS) is 1. The minimum absolute atomic E-state index is 0.00412. The predicted molar refractivity (Wildman–Crippen MR) is 72.4 cm³/mol. The minimum atomic E-state index is -0.809. The molecule has 2 aliphatic rings. The number of hydrogen-bond acceptors (Lipinski definition) is 5. The van der Waals surface area contributed by atoms with Crippen molar-refractivity contribution in [2.75, 3.05) is 52.9 Å². The van der Waals surface area contributed by atoms with Crippen molar-refractivity contribution in [2.24, 2.45) is 5.92 Å². The summed E-state index contributed by atoms with van der Waals surface area (Å²) in [4.78, 5) is 26.9. The van der Waals surface area contributed by atoms with Crippen molar-refractivity contribution >= 4 is 11.9 Å². The Bertz CT molecular complexity index is 356. The second-order valence-corrected chi connectivity index (χ2v) is 5.55. The van der Waals surface area contributed by atoms with Gasteiger partial charge in [0.25, 0.3) is 0 Å². The predicted octanol–water partition coefficient (Wildman–Crippen LogP) is -1.16. The Morgan fingerprint density at radius 3 is 2.60 bits per heavy atom. The molecule has 2 unspecified atom stereocenters. The van der Waals surface area contributed by atoms with E-state index in [-0.39, 0.29) is 18.6 Å². The number of carbonyl (C=O) groups is 2. The zero-order valence-electron chi connectivity index (χ0n) is 11.9. The number of hydrogen-bond donors (Lipinski definition) is 2. The molecule has 7 nitrogen and oxygen atoms in total. The molecule has 2 N–H and O–H groups in total. The first-order chi connectivity index (χ1) is 9.56. The molecule has 2 saturated heterocycles. The van der Waals surface area contributed by atoms with Crippen LogP contribution in [0.15, 0.2) is 0 Å². The number of rotatable bonds is 4. The first-order valence-corrected chi connectivity index (χ1v) is 7.07. The highest BCUT2D eigenvalue weighted by atomic mass is 16.5. The zero-order chi connectivity index (χ0) is 14.5. The van der Waals surface area contributed by atoms with Gasteiger partial charge in [0.15, 0.2) is 0 Å². The molecule has 2 atom stereocenters. The summed E-state index contributed by atoms with van der Waals surface area (Å²) in [5, 5.41) is 12.0. The lowest BCUT2D eigenvalue weighted by Crippen LogP contribution is -2.49. The van der Waals surface area contributed by atoms with Gasteiger partial charge in [-0.15, -0.1) is 0 Å². The number of piperidine rings is 1. The number of likely N-dealkylation sites (N-methyl/N-ethyl adjacent to an activating group) is 1. The van der Waals surface area contributed by atoms with Crippen molar-refractivity contribution in [3.8, 4) is 0 Å². The molecular formula is C13H23N3O4. The maximum Gasteiger partial charge on any atom is 0.307 e. The maximum absolute atomic E-state index is 12.0. The minimum Gasteiger partial charge on any atom is -0.481 e. The SMILES string of the molecule is CN1CCN(C(=O)COC2CNCC(C(=O)O)C2)CC1. The van der Waals surface area contributed by atoms with Crippen molar-refractivity contribution in [3.05, 3.63) is 0 Å². The molecule has 0 saturated carbocycles. The highest BCUT2D eigenvalue weighted by Crippen LogP contribution is 2.14. The van der Waals surface area contributed by atoms with E-state index in [0.29, 0.717) is 19.5 Å². The maximum atomic E-state index is 12.0. The first kappa shape index (κ1) is 15.2. The molecular weight excluding hydrogens is 262 g/mol. The molecule has 2 fully saturated rings. The van der Waals surface area contributed by atoms with Crippen LogP contribution in [0.25, 0.3) is 0 Å². The van der Waals surface area contributed by atoms with E-state index in [1.165, 1.54) is 0 Å². The summed E-state index contributed by atoms with van der Waals surface area (Å²) in [6.07, 6.45) is 0.277. The Balaban J connectivity index is 1.71. The average molecular weight is 285 g/mol. The van der Waals surface area contributed by atoms with Gasteiger partial charge in [0, 0.05) is 39.3 Å². The molecule has 114 valence electrons. The smallest absolute Gasteiger partial charge is 0.307 e. The van der Waals surface area contributed by atoms with E-state index in [2.05, 4.69) is 10.2 Å². The van der Waals surface area contributed by atoms with Gasteiger partial charge in [0.1, 0.15) is 6.61 Å². The third-order valence-electron chi connectivity index (χ3n) is 3.96. The number of amides is 1. The van der Waals surface area contributed by atoms with Gasteiger partial charge in [0.2, 0.25) is 5.91 Å². The van der Waals surface area contributed by atoms with Gasteiger partial charge in [-0.25, -0.2) is 0 Å². The fraction of sp³-hybridized carbons (Fsp3) is 0.846. The van der Waals surface area contributed by atoms with Crippen molar-refractivity contribution in [1.82, 2.24) is 15.1 Å². The summed E-state index contributed by atoms with van der Waals surface area (Å²) in [5.74, 6) is -1.24. The van der Waals surface area contributed by atoms with Crippen molar-refractivity contribution in [2.45, 2.75) is 12.5 Å². The van der Waals surface area contributed by atoms with Crippen molar-refractivity contribution in [1.29, 1.82) is 0 Å². The highest BCUT2D eigenvalue weighted by molar-refractivity contribution is 5.77. The third kappa shape index (κ3) is 4.16. The summed E-state index contributed by atoms with van der Waals surface area (Å²) in [5.41, 5.74) is 0. The molecule has 0 aromatic rings. The Labute approximate surface area is 118 Å². The van der Waals surface area contributed by atoms with Crippen LogP contribution in [-0.2, 0) is 14.3 Å². The molecule has 0 bridgehead atoms. The molecule has 2 rings (SSSR count). The number of nitrogens with zero attached hydrogens (tertiary/aromatic N) is 2. The van der Waals surface area contributed by atoms with E-state index < -0.39 is 11.9 Å². The molecule has 0 aromatic heterocycles. The Hall–Kier alpha value is -1.18. The van der Waals surface area contributed by atoms with Crippen LogP contribution in [0.3, 0.4) is 0 Å². The third-order valence-corrected chi connectivity index (χ3v) is 3.96. The van der Waals surface area contributed by atoms with E-state index in [0.717, 1.165) is 26.2 Å². The normalized spacial score (nSPS) is 28.4. The van der Waals surface area contributed by atoms with E-state index in [1.807, 2.05) is 11.9 Å². The van der Waals surface area contributed by atoms with Gasteiger partial charge in [0.05, 0.1) is 12.0 Å². The topological polar surface area (TPSA) is 82.1 Å². The van der Waals surface area contributed by atoms with Gasteiger partial charge in [-0.2, -0.15) is 0 Å². The fourth-order valence-electron chi connectivity index (χ4n) is 2.55. The van der Waals surface area contributed by atoms with Gasteiger partial charge >= 0.3 is 5.97 Å². The van der Waals surface area contributed by atoms with Gasteiger partial charge in [-0.1, -0.05) is 0 Å². The summed E-state index contributed by atoms with van der Waals surface area (Å²) in [6, 6.07) is 0. The fourth-order valence-corrected chi connectivity index (χ4v) is 2.55. The first-order valence-electron chi connectivity index (χ1n) is 7.07. The van der Waals surface area contributed by atoms with E-state index >= 15 is 0 Å². The van der Waals surface area contributed by atoms with E-state index in [4.69, 9.17) is 9.84 Å². The van der Waals surface area contributed by atoms with Gasteiger partial charge in [-0.3, -0.25) is 9.59 Å². The number of aliphatic carboxylic acids is 1. The summed E-state index contributed by atoms with van der Waals surface area (Å²) >= 11 is 0. The number of carboxylic acids is 1. The summed E-state index contributed by atoms with van der Waals surface area (Å²) < 4.78 is 5.57. The number of carbonyl (C=O) groups excluding carboxylic acids is 1. The van der Waals surface area contributed by atoms with Crippen LogP contribution in [0.5, 0.6) is 0 Å². The summed E-state index contributed by atoms with van der Waals surface area (Å²) in [6.45, 7) is 4.37. The van der Waals surface area contributed by atoms with Crippen LogP contribution in [0.4, 0.5) is 0 Å². The van der Waals surface area contributed by atoms with E-state index in [9.17, 15) is 9.59 Å². The molecule has 0 aromatic carbocycles. The molecule has 0 radical (unpaired) electrons. The van der Waals surface area contributed by atoms with Crippen LogP contribution < -0.4 is 5.32 Å². The molecule has 0 aliphatic carbocycles. The lowest BCUT2D eigenvalue weighted by atomic mass is 9.98. The van der Waals surface area contributed by atoms with Gasteiger partial charge < -0.3 is 25.0 Å². The second kappa shape index (κ2) is 7.01. The lowest BCUT2D eigenvalue weighted by Gasteiger charge is -2.33. The molecule has 7 heteroatoms. The highest BCUT2D eigenvalue weighted by Gasteiger charge is 2.28. The number of piperazine rings is 1. The van der Waals surface area contributed by atoms with Crippen molar-refractivity contribution in [3.63, 3.8) is 0 Å². The zero-order valence-corrected chi connectivity index (χ0v) is 11.9. The van der Waals surface area contributed by atoms with Crippen LogP contribution in [0.1, 0.15) is 6.42 Å². The van der Waals surface area contributed by atoms with Crippen LogP contribution in [0.2, 0.25) is 0 Å². The summed E-state index contributed by atoms with van der Waals surface area (Å²) in [7, 11) is 2.04. The monoisotopic (exact) mass is 285 g/mol. The Morgan fingerprint density at radius 1 is 1.25 bits per heavy atom. The van der Waals surface area contributed by atoms with E-state index in [1.54, 1.807) is 0 Å². The number of nitrogens with one attached hydrogen (secondary N) is 1. The standard InChI is InChI=1S/C13H23N3O4/c1-15-2-4-16(5-3-15)12(17)9-20-11-6-10(13(18)19)7-14-8-11/h10-11,14H,2-9H2,1H3,(H,18,19). The van der Waals surface area contributed by atoms with Crippen LogP contribution in [0, 0.1) is 5.92 Å². The Kier molecular flexibility index (Phi) is 5.33. The molecule has 2 heterocycles.